The van der Waals surface area contributed by atoms with Gasteiger partial charge in [-0.05, 0) is 32.6 Å². The Hall–Kier alpha value is -0.870. The molecule has 0 bridgehead atoms. The Labute approximate surface area is 102 Å². The molecule has 17 heavy (non-hydrogen) atoms. The summed E-state index contributed by atoms with van der Waals surface area (Å²) in [5.41, 5.74) is 7.82. The maximum atomic E-state index is 6.38. The molecule has 2 atom stereocenters. The molecule has 2 heterocycles. The van der Waals surface area contributed by atoms with Crippen molar-refractivity contribution in [2.24, 2.45) is 11.7 Å². The van der Waals surface area contributed by atoms with Crippen LogP contribution in [0.3, 0.4) is 0 Å². The third-order valence-corrected chi connectivity index (χ3v) is 4.49. The first kappa shape index (κ1) is 11.2. The van der Waals surface area contributed by atoms with Gasteiger partial charge in [0.05, 0.1) is 24.7 Å². The predicted octanol–water partition coefficient (Wildman–Crippen LogP) is 1.82. The summed E-state index contributed by atoms with van der Waals surface area (Å²) in [5, 5.41) is 0. The van der Waals surface area contributed by atoms with Crippen LogP contribution in [0.5, 0.6) is 0 Å². The van der Waals surface area contributed by atoms with Crippen LogP contribution >= 0.6 is 0 Å². The van der Waals surface area contributed by atoms with Crippen LogP contribution in [0, 0.1) is 5.92 Å². The number of nitrogens with zero attached hydrogens (tertiary/aromatic N) is 2. The molecule has 94 valence electrons. The van der Waals surface area contributed by atoms with Crippen molar-refractivity contribution >= 4 is 0 Å². The lowest BCUT2D eigenvalue weighted by Gasteiger charge is -2.41. The van der Waals surface area contributed by atoms with Crippen molar-refractivity contribution in [2.75, 3.05) is 13.2 Å². The first-order valence-corrected chi connectivity index (χ1v) is 6.57. The third kappa shape index (κ3) is 1.79. The largest absolute Gasteiger partial charge is 0.381 e. The van der Waals surface area contributed by atoms with E-state index in [0.717, 1.165) is 19.6 Å². The fraction of sp³-hybridized carbons (Fsp3) is 0.769. The second-order valence-corrected chi connectivity index (χ2v) is 5.69. The van der Waals surface area contributed by atoms with Gasteiger partial charge >= 0.3 is 0 Å². The zero-order valence-corrected chi connectivity index (χ0v) is 10.4. The fourth-order valence-electron chi connectivity index (χ4n) is 3.01. The van der Waals surface area contributed by atoms with Crippen molar-refractivity contribution in [3.8, 4) is 0 Å². The van der Waals surface area contributed by atoms with Gasteiger partial charge < -0.3 is 15.0 Å². The highest BCUT2D eigenvalue weighted by atomic mass is 16.5. The second kappa shape index (κ2) is 4.10. The maximum Gasteiger partial charge on any atom is 0.0953 e. The molecule has 4 heteroatoms. The van der Waals surface area contributed by atoms with Gasteiger partial charge in [-0.15, -0.1) is 0 Å². The van der Waals surface area contributed by atoms with Crippen molar-refractivity contribution in [1.29, 1.82) is 0 Å². The zero-order chi connectivity index (χ0) is 11.9. The average Bonchev–Trinajstić information content (AvgIpc) is 2.95. The summed E-state index contributed by atoms with van der Waals surface area (Å²) in [7, 11) is 0. The normalized spacial score (nSPS) is 28.9. The van der Waals surface area contributed by atoms with Crippen molar-refractivity contribution < 1.29 is 4.74 Å². The molecule has 2 unspecified atom stereocenters. The second-order valence-electron chi connectivity index (χ2n) is 5.69. The quantitative estimate of drug-likeness (QED) is 0.869. The van der Waals surface area contributed by atoms with Crippen LogP contribution in [0.25, 0.3) is 0 Å². The average molecular weight is 235 g/mol. The predicted molar refractivity (Wildman–Crippen MR) is 65.6 cm³/mol. The summed E-state index contributed by atoms with van der Waals surface area (Å²) in [6, 6.07) is 0.0671. The van der Waals surface area contributed by atoms with E-state index in [1.165, 1.54) is 25.0 Å². The van der Waals surface area contributed by atoms with E-state index in [9.17, 15) is 0 Å². The highest BCUT2D eigenvalue weighted by molar-refractivity contribution is 5.12. The molecule has 1 aromatic rings. The van der Waals surface area contributed by atoms with Crippen molar-refractivity contribution in [2.45, 2.75) is 44.2 Å². The van der Waals surface area contributed by atoms with Crippen LogP contribution < -0.4 is 5.73 Å². The Morgan fingerprint density at radius 2 is 2.41 bits per heavy atom. The van der Waals surface area contributed by atoms with Crippen LogP contribution in [0.2, 0.25) is 0 Å². The van der Waals surface area contributed by atoms with Crippen LogP contribution in [0.4, 0.5) is 0 Å². The van der Waals surface area contributed by atoms with Gasteiger partial charge in [0, 0.05) is 24.3 Å². The summed E-state index contributed by atoms with van der Waals surface area (Å²) < 4.78 is 7.74. The molecule has 0 amide bonds. The van der Waals surface area contributed by atoms with Gasteiger partial charge in [0.1, 0.15) is 0 Å². The third-order valence-electron chi connectivity index (χ3n) is 4.49. The molecule has 0 aromatic carbocycles. The van der Waals surface area contributed by atoms with E-state index >= 15 is 0 Å². The Balaban J connectivity index is 1.85. The highest BCUT2D eigenvalue weighted by Crippen LogP contribution is 2.41. The van der Waals surface area contributed by atoms with E-state index in [1.54, 1.807) is 0 Å². The van der Waals surface area contributed by atoms with Gasteiger partial charge in [-0.2, -0.15) is 0 Å². The molecule has 1 aliphatic heterocycles. The molecule has 2 fully saturated rings. The van der Waals surface area contributed by atoms with Crippen molar-refractivity contribution in [3.63, 3.8) is 0 Å². The Morgan fingerprint density at radius 1 is 1.59 bits per heavy atom. The molecule has 1 saturated carbocycles. The van der Waals surface area contributed by atoms with Gasteiger partial charge in [0.15, 0.2) is 0 Å². The minimum Gasteiger partial charge on any atom is -0.381 e. The SMILES string of the molecule is CC1(n2cncc2C(N)C2CCOC2)CCC1. The smallest absolute Gasteiger partial charge is 0.0953 e. The Morgan fingerprint density at radius 3 is 3.00 bits per heavy atom. The first-order valence-electron chi connectivity index (χ1n) is 6.57. The molecule has 0 spiro atoms. The molecule has 1 aromatic heterocycles. The number of hydrogen-bond acceptors (Lipinski definition) is 3. The number of rotatable bonds is 3. The lowest BCUT2D eigenvalue weighted by molar-refractivity contribution is 0.154. The summed E-state index contributed by atoms with van der Waals surface area (Å²) >= 11 is 0. The van der Waals surface area contributed by atoms with Crippen molar-refractivity contribution in [3.05, 3.63) is 18.2 Å². The van der Waals surface area contributed by atoms with Gasteiger partial charge in [-0.3, -0.25) is 0 Å². The number of imidazole rings is 1. The summed E-state index contributed by atoms with van der Waals surface area (Å²) in [4.78, 5) is 4.30. The summed E-state index contributed by atoms with van der Waals surface area (Å²) in [6.07, 6.45) is 8.75. The van der Waals surface area contributed by atoms with E-state index < -0.39 is 0 Å². The topological polar surface area (TPSA) is 53.1 Å². The molecular formula is C13H21N3O. The molecule has 2 N–H and O–H groups in total. The minimum absolute atomic E-state index is 0.0671. The van der Waals surface area contributed by atoms with E-state index in [0.29, 0.717) is 5.92 Å². The fourth-order valence-corrected chi connectivity index (χ4v) is 3.01. The maximum absolute atomic E-state index is 6.38. The zero-order valence-electron chi connectivity index (χ0n) is 10.4. The molecule has 4 nitrogen and oxygen atoms in total. The Bertz CT molecular complexity index is 391. The number of aromatic nitrogens is 2. The standard InChI is InChI=1S/C13H21N3O/c1-13(4-2-5-13)16-9-15-7-11(16)12(14)10-3-6-17-8-10/h7,9-10,12H,2-6,8,14H2,1H3. The minimum atomic E-state index is 0.0671. The monoisotopic (exact) mass is 235 g/mol. The molecule has 1 saturated heterocycles. The number of ether oxygens (including phenoxy) is 1. The lowest BCUT2D eigenvalue weighted by Crippen LogP contribution is -2.39. The Kier molecular flexibility index (Phi) is 2.71. The van der Waals surface area contributed by atoms with Crippen LogP contribution in [-0.4, -0.2) is 22.8 Å². The molecule has 3 rings (SSSR count). The van der Waals surface area contributed by atoms with Gasteiger partial charge in [0.25, 0.3) is 0 Å². The first-order chi connectivity index (χ1) is 8.21. The van der Waals surface area contributed by atoms with Gasteiger partial charge in [-0.1, -0.05) is 0 Å². The van der Waals surface area contributed by atoms with E-state index in [2.05, 4.69) is 16.5 Å². The number of nitrogens with two attached hydrogens (primary N) is 1. The summed E-state index contributed by atoms with van der Waals surface area (Å²) in [5.74, 6) is 0.453. The molecule has 2 aliphatic rings. The van der Waals surface area contributed by atoms with E-state index in [-0.39, 0.29) is 11.6 Å². The molecule has 0 radical (unpaired) electrons. The van der Waals surface area contributed by atoms with Gasteiger partial charge in [-0.25, -0.2) is 4.98 Å². The molecule has 1 aliphatic carbocycles. The molecular weight excluding hydrogens is 214 g/mol. The lowest BCUT2D eigenvalue weighted by atomic mass is 9.78. The van der Waals surface area contributed by atoms with E-state index in [4.69, 9.17) is 10.5 Å². The summed E-state index contributed by atoms with van der Waals surface area (Å²) in [6.45, 7) is 3.95. The number of hydrogen-bond donors (Lipinski definition) is 1. The highest BCUT2D eigenvalue weighted by Gasteiger charge is 2.37. The van der Waals surface area contributed by atoms with Gasteiger partial charge in [0.2, 0.25) is 0 Å². The van der Waals surface area contributed by atoms with E-state index in [1.807, 2.05) is 12.5 Å². The van der Waals surface area contributed by atoms with Crippen molar-refractivity contribution in [1.82, 2.24) is 9.55 Å². The van der Waals surface area contributed by atoms with Crippen LogP contribution in [0.15, 0.2) is 12.5 Å². The van der Waals surface area contributed by atoms with Crippen LogP contribution in [-0.2, 0) is 10.3 Å². The van der Waals surface area contributed by atoms with Crippen LogP contribution in [0.1, 0.15) is 44.3 Å².